The molecule has 2 saturated heterocycles. The molecule has 3 atom stereocenters. The van der Waals surface area contributed by atoms with Crippen LogP contribution in [-0.4, -0.2) is 44.7 Å². The van der Waals surface area contributed by atoms with Crippen LogP contribution in [0.3, 0.4) is 0 Å². The van der Waals surface area contributed by atoms with E-state index >= 15 is 0 Å². The maximum Gasteiger partial charge on any atom is 0.408 e. The Morgan fingerprint density at radius 2 is 2.38 bits per heavy atom. The average Bonchev–Trinajstić information content (AvgIpc) is 3.05. The van der Waals surface area contributed by atoms with Gasteiger partial charge in [-0.2, -0.15) is 0 Å². The molecule has 110 valence electrons. The Morgan fingerprint density at radius 1 is 1.52 bits per heavy atom. The Morgan fingerprint density at radius 3 is 3.19 bits per heavy atom. The monoisotopic (exact) mass is 286 g/mol. The van der Waals surface area contributed by atoms with Crippen molar-refractivity contribution in [1.82, 2.24) is 20.2 Å². The predicted molar refractivity (Wildman–Crippen MR) is 78.1 cm³/mol. The minimum absolute atomic E-state index is 0.0490. The Balaban J connectivity index is 1.98. The highest BCUT2D eigenvalue weighted by Gasteiger charge is 2.56. The lowest BCUT2D eigenvalue weighted by molar-refractivity contribution is 0.0359. The van der Waals surface area contributed by atoms with Crippen molar-refractivity contribution in [3.05, 3.63) is 30.1 Å². The molecule has 3 N–H and O–H groups in total. The summed E-state index contributed by atoms with van der Waals surface area (Å²) < 4.78 is 0. The van der Waals surface area contributed by atoms with Crippen molar-refractivity contribution in [3.8, 4) is 0 Å². The van der Waals surface area contributed by atoms with E-state index in [0.717, 1.165) is 36.0 Å². The van der Waals surface area contributed by atoms with Gasteiger partial charge in [-0.25, -0.2) is 9.78 Å². The first-order valence-corrected chi connectivity index (χ1v) is 7.33. The number of benzene rings is 1. The number of nitrogens with zero attached hydrogens (tertiary/aromatic N) is 2. The molecule has 21 heavy (non-hydrogen) atoms. The SMILES string of the molecule is CC1NCC2CCC1(c1cccc3[nH]cnc13)N2C(=O)O. The largest absolute Gasteiger partial charge is 0.465 e. The topological polar surface area (TPSA) is 81.2 Å². The van der Waals surface area contributed by atoms with E-state index in [1.54, 1.807) is 11.2 Å². The third-order valence-corrected chi connectivity index (χ3v) is 5.15. The molecule has 0 aliphatic carbocycles. The smallest absolute Gasteiger partial charge is 0.408 e. The van der Waals surface area contributed by atoms with E-state index < -0.39 is 11.6 Å². The molecule has 2 aromatic rings. The van der Waals surface area contributed by atoms with Crippen molar-refractivity contribution in [1.29, 1.82) is 0 Å². The number of carboxylic acid groups (broad SMARTS) is 1. The molecule has 2 bridgehead atoms. The molecule has 0 saturated carbocycles. The summed E-state index contributed by atoms with van der Waals surface area (Å²) in [6, 6.07) is 6.08. The van der Waals surface area contributed by atoms with Crippen LogP contribution in [0.4, 0.5) is 4.79 Å². The molecule has 2 aliphatic heterocycles. The van der Waals surface area contributed by atoms with E-state index in [2.05, 4.69) is 22.2 Å². The maximum absolute atomic E-state index is 11.9. The molecule has 0 radical (unpaired) electrons. The van der Waals surface area contributed by atoms with Crippen LogP contribution < -0.4 is 5.32 Å². The van der Waals surface area contributed by atoms with Crippen LogP contribution in [0.5, 0.6) is 0 Å². The summed E-state index contributed by atoms with van der Waals surface area (Å²) >= 11 is 0. The van der Waals surface area contributed by atoms with Gasteiger partial charge in [-0.3, -0.25) is 4.90 Å². The zero-order valence-corrected chi connectivity index (χ0v) is 11.8. The van der Waals surface area contributed by atoms with Crippen molar-refractivity contribution in [2.75, 3.05) is 6.54 Å². The van der Waals surface area contributed by atoms with Crippen LogP contribution in [0.25, 0.3) is 11.0 Å². The fourth-order valence-corrected chi connectivity index (χ4v) is 4.20. The van der Waals surface area contributed by atoms with Crippen molar-refractivity contribution in [2.24, 2.45) is 0 Å². The van der Waals surface area contributed by atoms with Crippen molar-refractivity contribution < 1.29 is 9.90 Å². The van der Waals surface area contributed by atoms with E-state index in [0.29, 0.717) is 0 Å². The summed E-state index contributed by atoms with van der Waals surface area (Å²) in [4.78, 5) is 21.1. The Kier molecular flexibility index (Phi) is 2.53. The number of piperazine rings is 1. The van der Waals surface area contributed by atoms with Crippen LogP contribution in [0.1, 0.15) is 25.3 Å². The van der Waals surface area contributed by atoms with Crippen molar-refractivity contribution >= 4 is 17.1 Å². The standard InChI is InChI=1S/C15H18N4O2/c1-9-15(6-5-10(7-16-9)19(15)14(20)21)11-3-2-4-12-13(11)18-8-17-12/h2-4,8-10,16H,5-7H2,1H3,(H,17,18)(H,20,21). The number of aromatic amines is 1. The lowest BCUT2D eigenvalue weighted by Gasteiger charge is -2.48. The molecule has 1 aromatic heterocycles. The summed E-state index contributed by atoms with van der Waals surface area (Å²) in [7, 11) is 0. The van der Waals surface area contributed by atoms with Crippen LogP contribution in [0.15, 0.2) is 24.5 Å². The van der Waals surface area contributed by atoms with Crippen LogP contribution in [0, 0.1) is 0 Å². The van der Waals surface area contributed by atoms with E-state index in [9.17, 15) is 9.90 Å². The number of carbonyl (C=O) groups is 1. The molecule has 1 aromatic carbocycles. The number of para-hydroxylation sites is 1. The molecule has 6 nitrogen and oxygen atoms in total. The summed E-state index contributed by atoms with van der Waals surface area (Å²) in [5.41, 5.74) is 2.31. The van der Waals surface area contributed by atoms with Gasteiger partial charge in [-0.05, 0) is 25.8 Å². The van der Waals surface area contributed by atoms with Gasteiger partial charge in [0.1, 0.15) is 0 Å². The minimum Gasteiger partial charge on any atom is -0.465 e. The van der Waals surface area contributed by atoms with E-state index in [1.165, 1.54) is 0 Å². The second kappa shape index (κ2) is 4.21. The molecule has 3 heterocycles. The fraction of sp³-hybridized carbons (Fsp3) is 0.467. The molecule has 0 spiro atoms. The molecule has 6 heteroatoms. The van der Waals surface area contributed by atoms with E-state index in [-0.39, 0.29) is 12.1 Å². The first-order chi connectivity index (χ1) is 10.1. The summed E-state index contributed by atoms with van der Waals surface area (Å²) in [6.07, 6.45) is 2.57. The van der Waals surface area contributed by atoms with Gasteiger partial charge in [0.2, 0.25) is 0 Å². The number of hydrogen-bond acceptors (Lipinski definition) is 3. The molecular formula is C15H18N4O2. The lowest BCUT2D eigenvalue weighted by Crippen LogP contribution is -2.64. The number of fused-ring (bicyclic) bond motifs is 3. The molecule has 2 aliphatic rings. The average molecular weight is 286 g/mol. The number of imidazole rings is 1. The molecular weight excluding hydrogens is 268 g/mol. The highest BCUT2D eigenvalue weighted by Crippen LogP contribution is 2.48. The van der Waals surface area contributed by atoms with E-state index in [1.807, 2.05) is 18.2 Å². The fourth-order valence-electron chi connectivity index (χ4n) is 4.20. The van der Waals surface area contributed by atoms with Gasteiger partial charge >= 0.3 is 6.09 Å². The first-order valence-electron chi connectivity index (χ1n) is 7.33. The molecule has 1 amide bonds. The Bertz CT molecular complexity index is 713. The predicted octanol–water partition coefficient (Wildman–Crippen LogP) is 1.89. The Hall–Kier alpha value is -2.08. The van der Waals surface area contributed by atoms with Crippen LogP contribution in [0.2, 0.25) is 0 Å². The summed E-state index contributed by atoms with van der Waals surface area (Å²) in [5, 5.41) is 13.2. The number of aromatic nitrogens is 2. The van der Waals surface area contributed by atoms with Crippen LogP contribution >= 0.6 is 0 Å². The van der Waals surface area contributed by atoms with E-state index in [4.69, 9.17) is 0 Å². The second-order valence-corrected chi connectivity index (χ2v) is 6.00. The summed E-state index contributed by atoms with van der Waals surface area (Å²) in [5.74, 6) is 0. The van der Waals surface area contributed by atoms with Gasteiger partial charge in [0, 0.05) is 24.2 Å². The van der Waals surface area contributed by atoms with Gasteiger partial charge in [0.25, 0.3) is 0 Å². The first kappa shape index (κ1) is 12.6. The van der Waals surface area contributed by atoms with Gasteiger partial charge in [-0.1, -0.05) is 12.1 Å². The number of amides is 1. The van der Waals surface area contributed by atoms with Gasteiger partial charge in [0.15, 0.2) is 0 Å². The highest BCUT2D eigenvalue weighted by molar-refractivity contribution is 5.81. The number of rotatable bonds is 1. The van der Waals surface area contributed by atoms with Gasteiger partial charge in [0.05, 0.1) is 22.9 Å². The van der Waals surface area contributed by atoms with Crippen molar-refractivity contribution in [2.45, 2.75) is 37.4 Å². The highest BCUT2D eigenvalue weighted by atomic mass is 16.4. The third kappa shape index (κ3) is 1.51. The van der Waals surface area contributed by atoms with Crippen molar-refractivity contribution in [3.63, 3.8) is 0 Å². The second-order valence-electron chi connectivity index (χ2n) is 6.00. The number of H-pyrrole nitrogens is 1. The number of nitrogens with one attached hydrogen (secondary N) is 2. The van der Waals surface area contributed by atoms with Gasteiger partial charge < -0.3 is 15.4 Å². The minimum atomic E-state index is -0.835. The third-order valence-electron chi connectivity index (χ3n) is 5.15. The lowest BCUT2D eigenvalue weighted by atomic mass is 9.80. The molecule has 2 fully saturated rings. The number of hydrogen-bond donors (Lipinski definition) is 3. The normalized spacial score (nSPS) is 31.8. The van der Waals surface area contributed by atoms with Gasteiger partial charge in [-0.15, -0.1) is 0 Å². The molecule has 4 rings (SSSR count). The molecule has 3 unspecified atom stereocenters. The Labute approximate surface area is 122 Å². The zero-order chi connectivity index (χ0) is 14.6. The summed E-state index contributed by atoms with van der Waals surface area (Å²) in [6.45, 7) is 2.80. The maximum atomic E-state index is 11.9. The quantitative estimate of drug-likeness (QED) is 0.748. The zero-order valence-electron chi connectivity index (χ0n) is 11.8. The van der Waals surface area contributed by atoms with Crippen LogP contribution in [-0.2, 0) is 5.54 Å².